The number of carboxylic acid groups (broad SMARTS) is 2. The molecule has 0 aliphatic carbocycles. The number of carboxylic acids is 2. The topological polar surface area (TPSA) is 130 Å². The number of nitrogens with one attached hydrogen (secondary N) is 1. The van der Waals surface area contributed by atoms with E-state index in [1.165, 1.54) is 0 Å². The summed E-state index contributed by atoms with van der Waals surface area (Å²) < 4.78 is 0. The maximum atomic E-state index is 11.7. The van der Waals surface area contributed by atoms with E-state index in [0.717, 1.165) is 0 Å². The normalized spacial score (nSPS) is 13.2. The summed E-state index contributed by atoms with van der Waals surface area (Å²) in [6.45, 7) is -0.0983. The van der Waals surface area contributed by atoms with Crippen LogP contribution in [0.4, 0.5) is 0 Å². The fourth-order valence-corrected chi connectivity index (χ4v) is 1.78. The molecule has 5 N–H and O–H groups in total. The van der Waals surface area contributed by atoms with Crippen LogP contribution in [0.2, 0.25) is 0 Å². The van der Waals surface area contributed by atoms with E-state index in [0.29, 0.717) is 5.56 Å². The average molecular weight is 294 g/mol. The van der Waals surface area contributed by atoms with Gasteiger partial charge in [0.1, 0.15) is 0 Å². The van der Waals surface area contributed by atoms with Crippen LogP contribution in [0.5, 0.6) is 0 Å². The third-order valence-corrected chi connectivity index (χ3v) is 2.99. The lowest BCUT2D eigenvalue weighted by molar-refractivity contribution is -0.139. The number of rotatable bonds is 8. The van der Waals surface area contributed by atoms with Gasteiger partial charge in [0.25, 0.3) is 0 Å². The van der Waals surface area contributed by atoms with Gasteiger partial charge in [-0.25, -0.2) is 0 Å². The molecule has 1 rings (SSSR count). The van der Waals surface area contributed by atoms with Crippen molar-refractivity contribution in [2.24, 2.45) is 5.73 Å². The average Bonchev–Trinajstić information content (AvgIpc) is 2.45. The summed E-state index contributed by atoms with van der Waals surface area (Å²) in [6, 6.07) is 7.55. The zero-order valence-electron chi connectivity index (χ0n) is 11.4. The fourth-order valence-electron chi connectivity index (χ4n) is 1.78. The molecule has 0 bridgehead atoms. The zero-order valence-corrected chi connectivity index (χ0v) is 11.4. The number of hydrogen-bond donors (Lipinski definition) is 4. The van der Waals surface area contributed by atoms with Crippen LogP contribution in [0.1, 0.15) is 24.3 Å². The Labute approximate surface area is 121 Å². The molecule has 0 radical (unpaired) electrons. The SMILES string of the molecule is NC(CCC(=O)O)C(=O)NCC(C(=O)O)c1ccccc1. The third kappa shape index (κ3) is 5.62. The van der Waals surface area contributed by atoms with Crippen molar-refractivity contribution in [2.45, 2.75) is 24.8 Å². The van der Waals surface area contributed by atoms with Crippen LogP contribution in [-0.4, -0.2) is 40.6 Å². The Morgan fingerprint density at radius 2 is 1.76 bits per heavy atom. The Morgan fingerprint density at radius 3 is 2.29 bits per heavy atom. The van der Waals surface area contributed by atoms with E-state index in [1.807, 2.05) is 0 Å². The van der Waals surface area contributed by atoms with E-state index < -0.39 is 29.8 Å². The van der Waals surface area contributed by atoms with E-state index in [-0.39, 0.29) is 19.4 Å². The van der Waals surface area contributed by atoms with Gasteiger partial charge in [0, 0.05) is 13.0 Å². The highest BCUT2D eigenvalue weighted by molar-refractivity contribution is 5.83. The highest BCUT2D eigenvalue weighted by atomic mass is 16.4. The summed E-state index contributed by atoms with van der Waals surface area (Å²) >= 11 is 0. The molecule has 1 aromatic carbocycles. The molecule has 2 atom stereocenters. The fraction of sp³-hybridized carbons (Fsp3) is 0.357. The maximum Gasteiger partial charge on any atom is 0.312 e. The number of aliphatic carboxylic acids is 2. The molecule has 0 heterocycles. The molecule has 0 spiro atoms. The van der Waals surface area contributed by atoms with Crippen LogP contribution >= 0.6 is 0 Å². The van der Waals surface area contributed by atoms with Crippen molar-refractivity contribution in [2.75, 3.05) is 6.54 Å². The van der Waals surface area contributed by atoms with Crippen LogP contribution in [0.25, 0.3) is 0 Å². The summed E-state index contributed by atoms with van der Waals surface area (Å²) in [4.78, 5) is 33.3. The summed E-state index contributed by atoms with van der Waals surface area (Å²) in [7, 11) is 0. The predicted molar refractivity (Wildman–Crippen MR) is 74.7 cm³/mol. The molecular formula is C14H18N2O5. The van der Waals surface area contributed by atoms with E-state index in [1.54, 1.807) is 30.3 Å². The first-order valence-electron chi connectivity index (χ1n) is 6.44. The van der Waals surface area contributed by atoms with E-state index in [9.17, 15) is 19.5 Å². The number of hydrogen-bond acceptors (Lipinski definition) is 4. The molecule has 7 heteroatoms. The van der Waals surface area contributed by atoms with Gasteiger partial charge in [-0.15, -0.1) is 0 Å². The highest BCUT2D eigenvalue weighted by Crippen LogP contribution is 2.14. The summed E-state index contributed by atoms with van der Waals surface area (Å²) in [5.74, 6) is -3.52. The Balaban J connectivity index is 2.56. The smallest absolute Gasteiger partial charge is 0.312 e. The molecule has 21 heavy (non-hydrogen) atoms. The number of nitrogens with two attached hydrogens (primary N) is 1. The van der Waals surface area contributed by atoms with Gasteiger partial charge in [-0.2, -0.15) is 0 Å². The number of carbonyl (C=O) groups excluding carboxylic acids is 1. The van der Waals surface area contributed by atoms with Crippen molar-refractivity contribution >= 4 is 17.8 Å². The van der Waals surface area contributed by atoms with Crippen LogP contribution in [0.3, 0.4) is 0 Å². The summed E-state index contributed by atoms with van der Waals surface area (Å²) in [5.41, 5.74) is 6.12. The molecule has 0 fully saturated rings. The minimum atomic E-state index is -1.05. The molecule has 0 aliphatic heterocycles. The molecule has 7 nitrogen and oxygen atoms in total. The minimum Gasteiger partial charge on any atom is -0.481 e. The van der Waals surface area contributed by atoms with E-state index in [4.69, 9.17) is 10.8 Å². The van der Waals surface area contributed by atoms with Crippen molar-refractivity contribution in [3.8, 4) is 0 Å². The summed E-state index contributed by atoms with van der Waals surface area (Å²) in [6.07, 6.45) is -0.208. The molecule has 114 valence electrons. The second kappa shape index (κ2) is 8.01. The Kier molecular flexibility index (Phi) is 6.35. The maximum absolute atomic E-state index is 11.7. The van der Waals surface area contributed by atoms with Crippen molar-refractivity contribution < 1.29 is 24.6 Å². The third-order valence-electron chi connectivity index (χ3n) is 2.99. The quantitative estimate of drug-likeness (QED) is 0.540. The molecule has 1 aromatic rings. The van der Waals surface area contributed by atoms with Crippen molar-refractivity contribution in [3.63, 3.8) is 0 Å². The van der Waals surface area contributed by atoms with E-state index >= 15 is 0 Å². The molecule has 0 aliphatic rings. The van der Waals surface area contributed by atoms with Gasteiger partial charge in [-0.3, -0.25) is 14.4 Å². The van der Waals surface area contributed by atoms with Crippen molar-refractivity contribution in [1.82, 2.24) is 5.32 Å². The number of amides is 1. The van der Waals surface area contributed by atoms with E-state index in [2.05, 4.69) is 5.32 Å². The molecule has 1 amide bonds. The van der Waals surface area contributed by atoms with Gasteiger partial charge < -0.3 is 21.3 Å². The Hall–Kier alpha value is -2.41. The number of carbonyl (C=O) groups is 3. The highest BCUT2D eigenvalue weighted by Gasteiger charge is 2.22. The second-order valence-corrected chi connectivity index (χ2v) is 4.59. The largest absolute Gasteiger partial charge is 0.481 e. The molecule has 0 aromatic heterocycles. The molecular weight excluding hydrogens is 276 g/mol. The van der Waals surface area contributed by atoms with Crippen LogP contribution in [0, 0.1) is 0 Å². The van der Waals surface area contributed by atoms with Crippen LogP contribution in [-0.2, 0) is 14.4 Å². The number of benzene rings is 1. The standard InChI is InChI=1S/C14H18N2O5/c15-11(6-7-12(17)18)13(19)16-8-10(14(20)21)9-4-2-1-3-5-9/h1-5,10-11H,6-8,15H2,(H,16,19)(H,17,18)(H,20,21). The predicted octanol–water partition coefficient (Wildman–Crippen LogP) is 0.163. The van der Waals surface area contributed by atoms with Gasteiger partial charge in [-0.1, -0.05) is 30.3 Å². The second-order valence-electron chi connectivity index (χ2n) is 4.59. The van der Waals surface area contributed by atoms with Gasteiger partial charge in [0.05, 0.1) is 12.0 Å². The van der Waals surface area contributed by atoms with Gasteiger partial charge in [0.15, 0.2) is 0 Å². The first-order valence-corrected chi connectivity index (χ1v) is 6.44. The Bertz CT molecular complexity index is 503. The van der Waals surface area contributed by atoms with Gasteiger partial charge in [-0.05, 0) is 12.0 Å². The van der Waals surface area contributed by atoms with Gasteiger partial charge in [0.2, 0.25) is 5.91 Å². The summed E-state index contributed by atoms with van der Waals surface area (Å²) in [5, 5.41) is 20.2. The van der Waals surface area contributed by atoms with Crippen LogP contribution in [0.15, 0.2) is 30.3 Å². The van der Waals surface area contributed by atoms with Crippen molar-refractivity contribution in [3.05, 3.63) is 35.9 Å². The zero-order chi connectivity index (χ0) is 15.8. The first kappa shape index (κ1) is 16.6. The monoisotopic (exact) mass is 294 g/mol. The van der Waals surface area contributed by atoms with Crippen LogP contribution < -0.4 is 11.1 Å². The lowest BCUT2D eigenvalue weighted by atomic mass is 9.99. The molecule has 0 saturated heterocycles. The minimum absolute atomic E-state index is 0.00421. The lowest BCUT2D eigenvalue weighted by Crippen LogP contribution is -2.43. The molecule has 2 unspecified atom stereocenters. The van der Waals surface area contributed by atoms with Gasteiger partial charge >= 0.3 is 11.9 Å². The first-order chi connectivity index (χ1) is 9.91. The molecule has 0 saturated carbocycles. The Morgan fingerprint density at radius 1 is 1.14 bits per heavy atom. The lowest BCUT2D eigenvalue weighted by Gasteiger charge is -2.16. The van der Waals surface area contributed by atoms with Crippen molar-refractivity contribution in [1.29, 1.82) is 0 Å².